The fourth-order valence-corrected chi connectivity index (χ4v) is 2.29. The molecular formula is C13H17ClF2N2O. The van der Waals surface area contributed by atoms with Gasteiger partial charge in [-0.15, -0.1) is 12.4 Å². The summed E-state index contributed by atoms with van der Waals surface area (Å²) in [4.78, 5) is 11.9. The standard InChI is InChI=1S/C13H16F2N2O.ClH/c14-9-4-5-12(11(15)7-9)17-13(18)8-2-1-3-10(16)6-8;/h4-5,7-8,10H,1-3,6,16H2,(H,17,18);1H. The Bertz CT molecular complexity index is 456. The van der Waals surface area contributed by atoms with Gasteiger partial charge in [-0.3, -0.25) is 4.79 Å². The number of benzene rings is 1. The minimum atomic E-state index is -0.761. The fourth-order valence-electron chi connectivity index (χ4n) is 2.29. The average Bonchev–Trinajstić information content (AvgIpc) is 2.32. The number of hydrogen-bond acceptors (Lipinski definition) is 2. The van der Waals surface area contributed by atoms with Crippen molar-refractivity contribution in [1.29, 1.82) is 0 Å². The largest absolute Gasteiger partial charge is 0.328 e. The molecule has 6 heteroatoms. The minimum Gasteiger partial charge on any atom is -0.328 e. The Morgan fingerprint density at radius 3 is 2.68 bits per heavy atom. The maximum atomic E-state index is 13.4. The van der Waals surface area contributed by atoms with E-state index in [1.807, 2.05) is 0 Å². The lowest BCUT2D eigenvalue weighted by atomic mass is 9.85. The Balaban J connectivity index is 0.00000180. The first-order valence-corrected chi connectivity index (χ1v) is 6.08. The molecule has 19 heavy (non-hydrogen) atoms. The summed E-state index contributed by atoms with van der Waals surface area (Å²) >= 11 is 0. The van der Waals surface area contributed by atoms with E-state index in [1.54, 1.807) is 0 Å². The average molecular weight is 291 g/mol. The van der Waals surface area contributed by atoms with E-state index < -0.39 is 11.6 Å². The minimum absolute atomic E-state index is 0. The number of amides is 1. The molecule has 0 saturated heterocycles. The van der Waals surface area contributed by atoms with Crippen molar-refractivity contribution >= 4 is 24.0 Å². The first-order chi connectivity index (χ1) is 8.56. The second-order valence-electron chi connectivity index (χ2n) is 4.74. The van der Waals surface area contributed by atoms with Gasteiger partial charge in [-0.2, -0.15) is 0 Å². The van der Waals surface area contributed by atoms with Gasteiger partial charge in [0.2, 0.25) is 5.91 Å². The maximum Gasteiger partial charge on any atom is 0.227 e. The number of carbonyl (C=O) groups excluding carboxylic acids is 1. The number of halogens is 3. The monoisotopic (exact) mass is 290 g/mol. The van der Waals surface area contributed by atoms with Gasteiger partial charge in [-0.1, -0.05) is 6.42 Å². The summed E-state index contributed by atoms with van der Waals surface area (Å²) in [5.41, 5.74) is 5.82. The van der Waals surface area contributed by atoms with E-state index >= 15 is 0 Å². The summed E-state index contributed by atoms with van der Waals surface area (Å²) in [6, 6.07) is 3.13. The van der Waals surface area contributed by atoms with E-state index in [0.717, 1.165) is 31.4 Å². The number of carbonyl (C=O) groups is 1. The summed E-state index contributed by atoms with van der Waals surface area (Å²) in [5.74, 6) is -1.84. The number of nitrogens with one attached hydrogen (secondary N) is 1. The highest BCUT2D eigenvalue weighted by atomic mass is 35.5. The molecule has 0 aromatic heterocycles. The van der Waals surface area contributed by atoms with E-state index in [1.165, 1.54) is 6.07 Å². The van der Waals surface area contributed by atoms with Gasteiger partial charge >= 0.3 is 0 Å². The fraction of sp³-hybridized carbons (Fsp3) is 0.462. The first kappa shape index (κ1) is 15.9. The summed E-state index contributed by atoms with van der Waals surface area (Å²) in [6.45, 7) is 0. The highest BCUT2D eigenvalue weighted by Gasteiger charge is 2.25. The Labute approximate surface area is 117 Å². The van der Waals surface area contributed by atoms with Crippen LogP contribution in [0.4, 0.5) is 14.5 Å². The number of hydrogen-bond donors (Lipinski definition) is 2. The van der Waals surface area contributed by atoms with Crippen LogP contribution in [0.25, 0.3) is 0 Å². The Hall–Kier alpha value is -1.20. The number of rotatable bonds is 2. The summed E-state index contributed by atoms with van der Waals surface area (Å²) in [5, 5.41) is 2.49. The molecular weight excluding hydrogens is 274 g/mol. The van der Waals surface area contributed by atoms with E-state index in [9.17, 15) is 13.6 Å². The van der Waals surface area contributed by atoms with Crippen LogP contribution in [0.2, 0.25) is 0 Å². The van der Waals surface area contributed by atoms with Gasteiger partial charge < -0.3 is 11.1 Å². The van der Waals surface area contributed by atoms with Crippen LogP contribution in [0.5, 0.6) is 0 Å². The second kappa shape index (κ2) is 6.82. The normalized spacial score (nSPS) is 22.5. The third-order valence-electron chi connectivity index (χ3n) is 3.27. The third kappa shape index (κ3) is 4.14. The Morgan fingerprint density at radius 1 is 1.32 bits per heavy atom. The van der Waals surface area contributed by atoms with Gasteiger partial charge in [-0.25, -0.2) is 8.78 Å². The lowest BCUT2D eigenvalue weighted by Crippen LogP contribution is -2.34. The van der Waals surface area contributed by atoms with Crippen molar-refractivity contribution < 1.29 is 13.6 Å². The van der Waals surface area contributed by atoms with Gasteiger partial charge in [-0.05, 0) is 31.4 Å². The van der Waals surface area contributed by atoms with Crippen molar-refractivity contribution in [1.82, 2.24) is 0 Å². The highest BCUT2D eigenvalue weighted by molar-refractivity contribution is 5.92. The molecule has 3 N–H and O–H groups in total. The molecule has 2 rings (SSSR count). The molecule has 1 aliphatic carbocycles. The zero-order valence-corrected chi connectivity index (χ0v) is 11.2. The predicted octanol–water partition coefficient (Wildman–Crippen LogP) is 2.84. The predicted molar refractivity (Wildman–Crippen MR) is 72.2 cm³/mol. The van der Waals surface area contributed by atoms with E-state index in [-0.39, 0.29) is 36.0 Å². The zero-order valence-electron chi connectivity index (χ0n) is 10.4. The van der Waals surface area contributed by atoms with E-state index in [0.29, 0.717) is 6.42 Å². The molecule has 1 saturated carbocycles. The van der Waals surface area contributed by atoms with Gasteiger partial charge in [0.05, 0.1) is 5.69 Å². The molecule has 0 heterocycles. The van der Waals surface area contributed by atoms with Gasteiger partial charge in [0.1, 0.15) is 11.6 Å². The van der Waals surface area contributed by atoms with Crippen LogP contribution in [0, 0.1) is 17.6 Å². The van der Waals surface area contributed by atoms with Crippen LogP contribution >= 0.6 is 12.4 Å². The molecule has 1 aliphatic rings. The van der Waals surface area contributed by atoms with Gasteiger partial charge in [0.15, 0.2) is 0 Å². The van der Waals surface area contributed by atoms with Crippen LogP contribution in [0.15, 0.2) is 18.2 Å². The molecule has 1 amide bonds. The molecule has 0 radical (unpaired) electrons. The van der Waals surface area contributed by atoms with Crippen molar-refractivity contribution in [2.24, 2.45) is 11.7 Å². The zero-order chi connectivity index (χ0) is 13.1. The molecule has 1 aromatic carbocycles. The Kier molecular flexibility index (Phi) is 5.69. The maximum absolute atomic E-state index is 13.4. The van der Waals surface area contributed by atoms with Crippen molar-refractivity contribution in [2.45, 2.75) is 31.7 Å². The smallest absolute Gasteiger partial charge is 0.227 e. The van der Waals surface area contributed by atoms with Crippen molar-refractivity contribution in [3.63, 3.8) is 0 Å². The quantitative estimate of drug-likeness (QED) is 0.880. The first-order valence-electron chi connectivity index (χ1n) is 6.08. The molecule has 0 aliphatic heterocycles. The molecule has 1 fully saturated rings. The SMILES string of the molecule is Cl.NC1CCCC(C(=O)Nc2ccc(F)cc2F)C1. The number of anilines is 1. The van der Waals surface area contributed by atoms with E-state index in [4.69, 9.17) is 5.73 Å². The van der Waals surface area contributed by atoms with Crippen LogP contribution in [-0.4, -0.2) is 11.9 Å². The van der Waals surface area contributed by atoms with Gasteiger partial charge in [0, 0.05) is 18.0 Å². The lowest BCUT2D eigenvalue weighted by Gasteiger charge is -2.25. The van der Waals surface area contributed by atoms with Gasteiger partial charge in [0.25, 0.3) is 0 Å². The molecule has 106 valence electrons. The molecule has 1 aromatic rings. The summed E-state index contributed by atoms with van der Waals surface area (Å²) in [6.07, 6.45) is 3.22. The van der Waals surface area contributed by atoms with Crippen LogP contribution < -0.4 is 11.1 Å². The van der Waals surface area contributed by atoms with Crippen LogP contribution in [-0.2, 0) is 4.79 Å². The van der Waals surface area contributed by atoms with E-state index in [2.05, 4.69) is 5.32 Å². The highest BCUT2D eigenvalue weighted by Crippen LogP contribution is 2.25. The number of nitrogens with two attached hydrogens (primary N) is 1. The topological polar surface area (TPSA) is 55.1 Å². The molecule has 0 spiro atoms. The molecule has 0 bridgehead atoms. The summed E-state index contributed by atoms with van der Waals surface area (Å²) < 4.78 is 26.1. The molecule has 2 atom stereocenters. The van der Waals surface area contributed by atoms with Crippen molar-refractivity contribution in [2.75, 3.05) is 5.32 Å². The lowest BCUT2D eigenvalue weighted by molar-refractivity contribution is -0.120. The third-order valence-corrected chi connectivity index (χ3v) is 3.27. The van der Waals surface area contributed by atoms with Crippen LogP contribution in [0.1, 0.15) is 25.7 Å². The van der Waals surface area contributed by atoms with Crippen molar-refractivity contribution in [3.05, 3.63) is 29.8 Å². The second-order valence-corrected chi connectivity index (χ2v) is 4.74. The van der Waals surface area contributed by atoms with Crippen molar-refractivity contribution in [3.8, 4) is 0 Å². The summed E-state index contributed by atoms with van der Waals surface area (Å²) in [7, 11) is 0. The molecule has 2 unspecified atom stereocenters. The molecule has 3 nitrogen and oxygen atoms in total. The van der Waals surface area contributed by atoms with Crippen LogP contribution in [0.3, 0.4) is 0 Å². The Morgan fingerprint density at radius 2 is 2.05 bits per heavy atom.